The predicted octanol–water partition coefficient (Wildman–Crippen LogP) is 1.82. The van der Waals surface area contributed by atoms with Gasteiger partial charge >= 0.3 is 0 Å². The molecule has 0 radical (unpaired) electrons. The van der Waals surface area contributed by atoms with E-state index in [1.165, 1.54) is 5.56 Å². The summed E-state index contributed by atoms with van der Waals surface area (Å²) in [6.07, 6.45) is 0. The Bertz CT molecular complexity index is 347. The Morgan fingerprint density at radius 2 is 2.13 bits per heavy atom. The number of carbonyl (C=O) groups excluding carboxylic acids is 1. The molecule has 3 heteroatoms. The van der Waals surface area contributed by atoms with Crippen molar-refractivity contribution in [3.05, 3.63) is 29.3 Å². The zero-order chi connectivity index (χ0) is 11.3. The number of amides is 1. The second-order valence-electron chi connectivity index (χ2n) is 3.51. The van der Waals surface area contributed by atoms with E-state index in [1.807, 2.05) is 39.0 Å². The molecule has 1 N–H and O–H groups in total. The van der Waals surface area contributed by atoms with Gasteiger partial charge in [0.05, 0.1) is 0 Å². The van der Waals surface area contributed by atoms with E-state index in [4.69, 9.17) is 4.74 Å². The Balaban J connectivity index is 2.54. The maximum atomic E-state index is 11.2. The van der Waals surface area contributed by atoms with Gasteiger partial charge < -0.3 is 10.1 Å². The van der Waals surface area contributed by atoms with E-state index in [-0.39, 0.29) is 12.5 Å². The maximum absolute atomic E-state index is 11.2. The minimum Gasteiger partial charge on any atom is -0.484 e. The molecular formula is C12H17NO2. The molecule has 82 valence electrons. The molecule has 0 saturated carbocycles. The fraction of sp³-hybridized carbons (Fsp3) is 0.417. The van der Waals surface area contributed by atoms with E-state index >= 15 is 0 Å². The Hall–Kier alpha value is -1.51. The lowest BCUT2D eigenvalue weighted by Crippen LogP contribution is -2.28. The van der Waals surface area contributed by atoms with Crippen molar-refractivity contribution in [2.24, 2.45) is 0 Å². The van der Waals surface area contributed by atoms with Crippen molar-refractivity contribution < 1.29 is 9.53 Å². The van der Waals surface area contributed by atoms with Gasteiger partial charge in [-0.15, -0.1) is 0 Å². The SMILES string of the molecule is CCNC(=O)COc1ccc(C)cc1C. The number of hydrogen-bond acceptors (Lipinski definition) is 2. The minimum atomic E-state index is -0.0857. The van der Waals surface area contributed by atoms with Gasteiger partial charge in [0, 0.05) is 6.54 Å². The fourth-order valence-corrected chi connectivity index (χ4v) is 1.35. The second-order valence-corrected chi connectivity index (χ2v) is 3.51. The summed E-state index contributed by atoms with van der Waals surface area (Å²) in [7, 11) is 0. The van der Waals surface area contributed by atoms with Crippen LogP contribution in [-0.4, -0.2) is 19.1 Å². The third kappa shape index (κ3) is 3.62. The highest BCUT2D eigenvalue weighted by Gasteiger charge is 2.03. The summed E-state index contributed by atoms with van der Waals surface area (Å²) in [5.74, 6) is 0.685. The van der Waals surface area contributed by atoms with E-state index in [0.717, 1.165) is 11.3 Å². The van der Waals surface area contributed by atoms with Crippen LogP contribution in [-0.2, 0) is 4.79 Å². The molecule has 1 amide bonds. The summed E-state index contributed by atoms with van der Waals surface area (Å²) in [5, 5.41) is 2.68. The molecule has 0 bridgehead atoms. The number of ether oxygens (including phenoxy) is 1. The smallest absolute Gasteiger partial charge is 0.257 e. The summed E-state index contributed by atoms with van der Waals surface area (Å²) >= 11 is 0. The lowest BCUT2D eigenvalue weighted by Gasteiger charge is -2.09. The van der Waals surface area contributed by atoms with Crippen LogP contribution in [0.4, 0.5) is 0 Å². The van der Waals surface area contributed by atoms with Gasteiger partial charge in [-0.25, -0.2) is 0 Å². The fourth-order valence-electron chi connectivity index (χ4n) is 1.35. The first kappa shape index (κ1) is 11.6. The lowest BCUT2D eigenvalue weighted by atomic mass is 10.1. The van der Waals surface area contributed by atoms with Crippen LogP contribution in [0.1, 0.15) is 18.1 Å². The summed E-state index contributed by atoms with van der Waals surface area (Å²) in [6.45, 7) is 6.60. The number of aryl methyl sites for hydroxylation is 2. The van der Waals surface area contributed by atoms with Crippen LogP contribution >= 0.6 is 0 Å². The van der Waals surface area contributed by atoms with Crippen molar-refractivity contribution in [3.8, 4) is 5.75 Å². The Morgan fingerprint density at radius 1 is 1.40 bits per heavy atom. The largest absolute Gasteiger partial charge is 0.484 e. The molecule has 0 aliphatic heterocycles. The molecular weight excluding hydrogens is 190 g/mol. The molecule has 0 aromatic heterocycles. The molecule has 15 heavy (non-hydrogen) atoms. The van der Waals surface area contributed by atoms with Crippen molar-refractivity contribution in [1.29, 1.82) is 0 Å². The van der Waals surface area contributed by atoms with Crippen molar-refractivity contribution in [2.45, 2.75) is 20.8 Å². The summed E-state index contributed by atoms with van der Waals surface area (Å²) in [5.41, 5.74) is 2.25. The normalized spacial score (nSPS) is 9.80. The Kier molecular flexibility index (Phi) is 4.16. The molecule has 3 nitrogen and oxygen atoms in total. The van der Waals surface area contributed by atoms with Crippen LogP contribution in [0.25, 0.3) is 0 Å². The zero-order valence-electron chi connectivity index (χ0n) is 9.46. The highest BCUT2D eigenvalue weighted by Crippen LogP contribution is 2.18. The molecule has 0 aliphatic rings. The van der Waals surface area contributed by atoms with Gasteiger partial charge in [0.1, 0.15) is 5.75 Å². The van der Waals surface area contributed by atoms with Crippen LogP contribution < -0.4 is 10.1 Å². The van der Waals surface area contributed by atoms with Crippen LogP contribution in [0.15, 0.2) is 18.2 Å². The average Bonchev–Trinajstić information content (AvgIpc) is 2.17. The molecule has 0 fully saturated rings. The van der Waals surface area contributed by atoms with Gasteiger partial charge in [0.2, 0.25) is 0 Å². The average molecular weight is 207 g/mol. The molecule has 0 aliphatic carbocycles. The zero-order valence-corrected chi connectivity index (χ0v) is 9.46. The molecule has 0 atom stereocenters. The van der Waals surface area contributed by atoms with E-state index in [2.05, 4.69) is 5.32 Å². The van der Waals surface area contributed by atoms with E-state index in [9.17, 15) is 4.79 Å². The number of nitrogens with one attached hydrogen (secondary N) is 1. The maximum Gasteiger partial charge on any atom is 0.257 e. The molecule has 1 aromatic rings. The number of likely N-dealkylation sites (N-methyl/N-ethyl adjacent to an activating group) is 1. The van der Waals surface area contributed by atoms with Crippen molar-refractivity contribution in [3.63, 3.8) is 0 Å². The third-order valence-electron chi connectivity index (χ3n) is 2.06. The lowest BCUT2D eigenvalue weighted by molar-refractivity contribution is -0.122. The highest BCUT2D eigenvalue weighted by molar-refractivity contribution is 5.77. The number of hydrogen-bond donors (Lipinski definition) is 1. The second kappa shape index (κ2) is 5.39. The van der Waals surface area contributed by atoms with Crippen molar-refractivity contribution in [2.75, 3.05) is 13.2 Å². The Labute approximate surface area is 90.4 Å². The van der Waals surface area contributed by atoms with Crippen LogP contribution in [0.2, 0.25) is 0 Å². The van der Waals surface area contributed by atoms with Crippen molar-refractivity contribution >= 4 is 5.91 Å². The third-order valence-corrected chi connectivity index (χ3v) is 2.06. The van der Waals surface area contributed by atoms with Crippen LogP contribution in [0, 0.1) is 13.8 Å². The van der Waals surface area contributed by atoms with Gasteiger partial charge in [-0.1, -0.05) is 17.7 Å². The summed E-state index contributed by atoms with van der Waals surface area (Å²) in [6, 6.07) is 5.90. The molecule has 0 heterocycles. The molecule has 1 rings (SSSR count). The number of benzene rings is 1. The molecule has 0 unspecified atom stereocenters. The molecule has 1 aromatic carbocycles. The minimum absolute atomic E-state index is 0.0811. The van der Waals surface area contributed by atoms with E-state index in [1.54, 1.807) is 0 Å². The first-order chi connectivity index (χ1) is 7.13. The van der Waals surface area contributed by atoms with E-state index < -0.39 is 0 Å². The van der Waals surface area contributed by atoms with Gasteiger partial charge in [0.25, 0.3) is 5.91 Å². The van der Waals surface area contributed by atoms with Crippen LogP contribution in [0.3, 0.4) is 0 Å². The summed E-state index contributed by atoms with van der Waals surface area (Å²) in [4.78, 5) is 11.2. The quantitative estimate of drug-likeness (QED) is 0.817. The van der Waals surface area contributed by atoms with Crippen LogP contribution in [0.5, 0.6) is 5.75 Å². The Morgan fingerprint density at radius 3 is 2.73 bits per heavy atom. The van der Waals surface area contributed by atoms with Gasteiger partial charge in [0.15, 0.2) is 6.61 Å². The first-order valence-corrected chi connectivity index (χ1v) is 5.10. The highest BCUT2D eigenvalue weighted by atomic mass is 16.5. The predicted molar refractivity (Wildman–Crippen MR) is 60.1 cm³/mol. The summed E-state index contributed by atoms with van der Waals surface area (Å²) < 4.78 is 5.39. The monoisotopic (exact) mass is 207 g/mol. The number of rotatable bonds is 4. The van der Waals surface area contributed by atoms with E-state index in [0.29, 0.717) is 6.54 Å². The molecule has 0 saturated heterocycles. The van der Waals surface area contributed by atoms with Gasteiger partial charge in [-0.3, -0.25) is 4.79 Å². The van der Waals surface area contributed by atoms with Gasteiger partial charge in [-0.2, -0.15) is 0 Å². The molecule has 0 spiro atoms. The topological polar surface area (TPSA) is 38.3 Å². The van der Waals surface area contributed by atoms with Gasteiger partial charge in [-0.05, 0) is 32.4 Å². The van der Waals surface area contributed by atoms with Crippen molar-refractivity contribution in [1.82, 2.24) is 5.32 Å². The standard InChI is InChI=1S/C12H17NO2/c1-4-13-12(14)8-15-11-6-5-9(2)7-10(11)3/h5-7H,4,8H2,1-3H3,(H,13,14). The first-order valence-electron chi connectivity index (χ1n) is 5.10. The number of carbonyl (C=O) groups is 1.